The molecule has 0 saturated carbocycles. The van der Waals surface area contributed by atoms with Crippen molar-refractivity contribution < 1.29 is 14.7 Å². The molecule has 0 radical (unpaired) electrons. The molecule has 5 nitrogen and oxygen atoms in total. The molecule has 0 aliphatic heterocycles. The Morgan fingerprint density at radius 2 is 1.94 bits per heavy atom. The molecule has 2 amide bonds. The molecule has 0 heterocycles. The number of urea groups is 1. The lowest BCUT2D eigenvalue weighted by Crippen LogP contribution is -2.33. The van der Waals surface area contributed by atoms with E-state index in [9.17, 15) is 9.59 Å². The molecule has 0 unspecified atom stereocenters. The number of aliphatic carboxylic acids is 1. The maximum atomic E-state index is 11.2. The molecule has 0 atom stereocenters. The van der Waals surface area contributed by atoms with E-state index in [-0.39, 0.29) is 13.0 Å². The summed E-state index contributed by atoms with van der Waals surface area (Å²) in [5.41, 5.74) is 2.15. The number of amides is 2. The molecule has 0 aliphatic rings. The molecule has 0 fully saturated rings. The Kier molecular flexibility index (Phi) is 5.44. The molecule has 96 valence electrons. The van der Waals surface area contributed by atoms with Gasteiger partial charge in [-0.3, -0.25) is 4.79 Å². The summed E-state index contributed by atoms with van der Waals surface area (Å²) >= 11 is 0. The molecule has 0 aliphatic carbocycles. The zero-order valence-electron chi connectivity index (χ0n) is 10.1. The summed E-state index contributed by atoms with van der Waals surface area (Å²) in [6, 6.07) is 7.42. The molecular formula is C13H16N2O3. The first-order chi connectivity index (χ1) is 8.58. The van der Waals surface area contributed by atoms with Gasteiger partial charge in [0.25, 0.3) is 0 Å². The zero-order valence-corrected chi connectivity index (χ0v) is 10.1. The lowest BCUT2D eigenvalue weighted by molar-refractivity contribution is -0.136. The summed E-state index contributed by atoms with van der Waals surface area (Å²) < 4.78 is 0. The molecule has 1 aromatic rings. The van der Waals surface area contributed by atoms with Crippen LogP contribution < -0.4 is 10.6 Å². The van der Waals surface area contributed by atoms with Crippen LogP contribution in [0.15, 0.2) is 30.5 Å². The average Bonchev–Trinajstić information content (AvgIpc) is 2.31. The first-order valence-electron chi connectivity index (χ1n) is 5.57. The van der Waals surface area contributed by atoms with E-state index in [1.54, 1.807) is 6.08 Å². The molecule has 1 rings (SSSR count). The third-order valence-electron chi connectivity index (χ3n) is 2.19. The van der Waals surface area contributed by atoms with Crippen LogP contribution in [-0.2, 0) is 4.79 Å². The molecule has 0 bridgehead atoms. The maximum absolute atomic E-state index is 11.2. The maximum Gasteiger partial charge on any atom is 0.318 e. The number of benzene rings is 1. The molecule has 1 aromatic carbocycles. The zero-order chi connectivity index (χ0) is 13.4. The number of nitrogens with one attached hydrogen (secondary N) is 2. The Hall–Kier alpha value is -2.30. The van der Waals surface area contributed by atoms with Crippen molar-refractivity contribution in [3.8, 4) is 0 Å². The smallest absolute Gasteiger partial charge is 0.318 e. The molecule has 0 saturated heterocycles. The Bertz CT molecular complexity index is 438. The number of carboxylic acid groups (broad SMARTS) is 1. The van der Waals surface area contributed by atoms with Crippen LogP contribution in [0.2, 0.25) is 0 Å². The highest BCUT2D eigenvalue weighted by atomic mass is 16.4. The quantitative estimate of drug-likeness (QED) is 0.742. The van der Waals surface area contributed by atoms with Crippen LogP contribution in [0.25, 0.3) is 6.08 Å². The fraction of sp³-hybridized carbons (Fsp3) is 0.231. The standard InChI is InChI=1S/C13H16N2O3/c1-10-2-4-11(5-3-10)6-8-14-13(18)15-9-7-12(16)17/h2-6,8H,7,9H2,1H3,(H,16,17)(H2,14,15,18)/b8-6+. The second-order valence-electron chi connectivity index (χ2n) is 3.79. The van der Waals surface area contributed by atoms with Crippen LogP contribution in [-0.4, -0.2) is 23.7 Å². The number of hydrogen-bond donors (Lipinski definition) is 3. The largest absolute Gasteiger partial charge is 0.481 e. The highest BCUT2D eigenvalue weighted by Crippen LogP contribution is 2.03. The minimum Gasteiger partial charge on any atom is -0.481 e. The lowest BCUT2D eigenvalue weighted by atomic mass is 10.1. The molecule has 5 heteroatoms. The number of aryl methyl sites for hydroxylation is 1. The SMILES string of the molecule is Cc1ccc(/C=C/NC(=O)NCCC(=O)O)cc1. The van der Waals surface area contributed by atoms with Crippen molar-refractivity contribution in [1.82, 2.24) is 10.6 Å². The van der Waals surface area contributed by atoms with Crippen molar-refractivity contribution in [2.24, 2.45) is 0 Å². The molecule has 0 aromatic heterocycles. The summed E-state index contributed by atoms with van der Waals surface area (Å²) in [6.45, 7) is 2.11. The van der Waals surface area contributed by atoms with Gasteiger partial charge in [0.2, 0.25) is 0 Å². The summed E-state index contributed by atoms with van der Waals surface area (Å²) in [6.07, 6.45) is 3.19. The first-order valence-corrected chi connectivity index (χ1v) is 5.57. The van der Waals surface area contributed by atoms with E-state index in [2.05, 4.69) is 10.6 Å². The second-order valence-corrected chi connectivity index (χ2v) is 3.79. The van der Waals surface area contributed by atoms with Crippen LogP contribution in [0.3, 0.4) is 0 Å². The number of carboxylic acids is 1. The van der Waals surface area contributed by atoms with E-state index >= 15 is 0 Å². The molecule has 3 N–H and O–H groups in total. The van der Waals surface area contributed by atoms with Crippen LogP contribution in [0, 0.1) is 6.92 Å². The summed E-state index contributed by atoms with van der Waals surface area (Å²) in [5, 5.41) is 13.3. The normalized spacial score (nSPS) is 10.3. The second kappa shape index (κ2) is 7.11. The summed E-state index contributed by atoms with van der Waals surface area (Å²) in [4.78, 5) is 21.4. The van der Waals surface area contributed by atoms with Gasteiger partial charge in [-0.1, -0.05) is 29.8 Å². The van der Waals surface area contributed by atoms with Crippen LogP contribution >= 0.6 is 0 Å². The number of hydrogen-bond acceptors (Lipinski definition) is 2. The van der Waals surface area contributed by atoms with Crippen molar-refractivity contribution in [2.45, 2.75) is 13.3 Å². The van der Waals surface area contributed by atoms with Gasteiger partial charge in [-0.25, -0.2) is 4.79 Å². The minimum absolute atomic E-state index is 0.0882. The fourth-order valence-electron chi connectivity index (χ4n) is 1.23. The van der Waals surface area contributed by atoms with Gasteiger partial charge >= 0.3 is 12.0 Å². The molecule has 0 spiro atoms. The van der Waals surface area contributed by atoms with Crippen LogP contribution in [0.5, 0.6) is 0 Å². The topological polar surface area (TPSA) is 78.4 Å². The van der Waals surface area contributed by atoms with Crippen molar-refractivity contribution >= 4 is 18.1 Å². The minimum atomic E-state index is -0.939. The Morgan fingerprint density at radius 1 is 1.28 bits per heavy atom. The van der Waals surface area contributed by atoms with Crippen molar-refractivity contribution in [3.05, 3.63) is 41.6 Å². The fourth-order valence-corrected chi connectivity index (χ4v) is 1.23. The van der Waals surface area contributed by atoms with Gasteiger partial charge in [-0.15, -0.1) is 0 Å². The molecular weight excluding hydrogens is 232 g/mol. The van der Waals surface area contributed by atoms with E-state index in [1.165, 1.54) is 11.8 Å². The Morgan fingerprint density at radius 3 is 2.56 bits per heavy atom. The lowest BCUT2D eigenvalue weighted by Gasteiger charge is -2.02. The Labute approximate surface area is 106 Å². The van der Waals surface area contributed by atoms with E-state index in [1.807, 2.05) is 31.2 Å². The summed E-state index contributed by atoms with van der Waals surface area (Å²) in [5.74, 6) is -0.939. The predicted molar refractivity (Wildman–Crippen MR) is 69.0 cm³/mol. The highest BCUT2D eigenvalue weighted by molar-refractivity contribution is 5.76. The van der Waals surface area contributed by atoms with Crippen LogP contribution in [0.4, 0.5) is 4.79 Å². The summed E-state index contributed by atoms with van der Waals surface area (Å²) in [7, 11) is 0. The number of carbonyl (C=O) groups excluding carboxylic acids is 1. The van der Waals surface area contributed by atoms with E-state index in [0.717, 1.165) is 5.56 Å². The van der Waals surface area contributed by atoms with E-state index in [4.69, 9.17) is 5.11 Å². The number of rotatable bonds is 5. The van der Waals surface area contributed by atoms with Gasteiger partial charge < -0.3 is 15.7 Å². The number of carbonyl (C=O) groups is 2. The third kappa shape index (κ3) is 5.69. The van der Waals surface area contributed by atoms with E-state index < -0.39 is 12.0 Å². The van der Waals surface area contributed by atoms with Gasteiger partial charge in [0.05, 0.1) is 6.42 Å². The van der Waals surface area contributed by atoms with Gasteiger partial charge in [0.1, 0.15) is 0 Å². The van der Waals surface area contributed by atoms with Crippen molar-refractivity contribution in [3.63, 3.8) is 0 Å². The van der Waals surface area contributed by atoms with Gasteiger partial charge in [0.15, 0.2) is 0 Å². The van der Waals surface area contributed by atoms with E-state index in [0.29, 0.717) is 0 Å². The third-order valence-corrected chi connectivity index (χ3v) is 2.19. The van der Waals surface area contributed by atoms with Gasteiger partial charge in [-0.05, 0) is 18.6 Å². The monoisotopic (exact) mass is 248 g/mol. The first kappa shape index (κ1) is 13.8. The van der Waals surface area contributed by atoms with Crippen molar-refractivity contribution in [1.29, 1.82) is 0 Å². The van der Waals surface area contributed by atoms with Crippen LogP contribution in [0.1, 0.15) is 17.5 Å². The molecule has 18 heavy (non-hydrogen) atoms. The average molecular weight is 248 g/mol. The van der Waals surface area contributed by atoms with Gasteiger partial charge in [-0.2, -0.15) is 0 Å². The van der Waals surface area contributed by atoms with Gasteiger partial charge in [0, 0.05) is 12.7 Å². The highest BCUT2D eigenvalue weighted by Gasteiger charge is 1.99. The Balaban J connectivity index is 2.29. The van der Waals surface area contributed by atoms with Crippen molar-refractivity contribution in [2.75, 3.05) is 6.54 Å². The predicted octanol–water partition coefficient (Wildman–Crippen LogP) is 1.74.